The summed E-state index contributed by atoms with van der Waals surface area (Å²) >= 11 is 6.33. The minimum absolute atomic E-state index is 0.0152. The van der Waals surface area contributed by atoms with Gasteiger partial charge in [0.1, 0.15) is 24.2 Å². The molecule has 184 valence electrons. The highest BCUT2D eigenvalue weighted by atomic mass is 35.5. The molecule has 1 aromatic carbocycles. The van der Waals surface area contributed by atoms with Crippen LogP contribution in [-0.2, 0) is 47.0 Å². The van der Waals surface area contributed by atoms with Crippen molar-refractivity contribution in [2.45, 2.75) is 64.4 Å². The largest absolute Gasteiger partial charge is 0.443 e. The number of rotatable bonds is 5. The van der Waals surface area contributed by atoms with Crippen LogP contribution in [0.15, 0.2) is 12.1 Å². The lowest BCUT2D eigenvalue weighted by molar-refractivity contribution is -0.136. The summed E-state index contributed by atoms with van der Waals surface area (Å²) in [6.45, 7) is 0.544. The lowest BCUT2D eigenvalue weighted by Gasteiger charge is -2.29. The Bertz CT molecular complexity index is 1220. The van der Waals surface area contributed by atoms with Crippen molar-refractivity contribution in [2.75, 3.05) is 0 Å². The fraction of sp³-hybridized carbons (Fsp3) is 0.435. The van der Waals surface area contributed by atoms with Crippen LogP contribution >= 0.6 is 11.6 Å². The van der Waals surface area contributed by atoms with Crippen molar-refractivity contribution in [2.24, 2.45) is 0 Å². The Hall–Kier alpha value is -3.47. The average molecular weight is 504 g/mol. The molecule has 0 saturated carbocycles. The summed E-state index contributed by atoms with van der Waals surface area (Å²) in [5, 5.41) is 9.24. The Kier molecular flexibility index (Phi) is 6.18. The summed E-state index contributed by atoms with van der Waals surface area (Å²) in [6.07, 6.45) is 2.60. The number of aryl methyl sites for hydroxylation is 2. The number of fused-ring (bicyclic) bond motifs is 2. The molecule has 3 aliphatic rings. The van der Waals surface area contributed by atoms with Crippen LogP contribution < -0.4 is 10.6 Å². The van der Waals surface area contributed by atoms with E-state index in [0.29, 0.717) is 5.69 Å². The van der Waals surface area contributed by atoms with Crippen molar-refractivity contribution in [3.05, 3.63) is 51.1 Å². The molecular formula is C23H23ClFN5O5. The van der Waals surface area contributed by atoms with E-state index >= 15 is 4.39 Å². The van der Waals surface area contributed by atoms with E-state index in [1.54, 1.807) is 0 Å². The highest BCUT2D eigenvalue weighted by Gasteiger charge is 2.41. The van der Waals surface area contributed by atoms with Crippen LogP contribution in [0.4, 0.5) is 9.18 Å². The molecule has 1 unspecified atom stereocenters. The number of hydrogen-bond donors (Lipinski definition) is 2. The van der Waals surface area contributed by atoms with Crippen LogP contribution in [-0.4, -0.2) is 44.5 Å². The second-order valence-corrected chi connectivity index (χ2v) is 9.23. The van der Waals surface area contributed by atoms with Gasteiger partial charge in [-0.3, -0.25) is 24.4 Å². The molecule has 0 bridgehead atoms. The van der Waals surface area contributed by atoms with Gasteiger partial charge < -0.3 is 15.0 Å². The standard InChI is InChI=1S/C23H23ClFN5O5/c24-16-7-12(9-26-23(34)35-11-13-8-14-3-1-2-6-30(14)28-13)20(25)19-15(16)10-29(22(19)33)17-4-5-18(31)27-21(17)32/h7-8,17H,1-6,9-11H2,(H,26,34)(H,27,31,32). The van der Waals surface area contributed by atoms with Crippen LogP contribution in [0.3, 0.4) is 0 Å². The van der Waals surface area contributed by atoms with E-state index in [2.05, 4.69) is 15.7 Å². The van der Waals surface area contributed by atoms with E-state index < -0.39 is 35.7 Å². The number of aromatic nitrogens is 2. The zero-order chi connectivity index (χ0) is 24.7. The van der Waals surface area contributed by atoms with Gasteiger partial charge in [-0.1, -0.05) is 11.6 Å². The van der Waals surface area contributed by atoms with Crippen LogP contribution in [0.25, 0.3) is 0 Å². The number of piperidine rings is 1. The minimum Gasteiger partial charge on any atom is -0.443 e. The molecular weight excluding hydrogens is 481 g/mol. The molecule has 10 nitrogen and oxygen atoms in total. The molecule has 4 amide bonds. The summed E-state index contributed by atoms with van der Waals surface area (Å²) in [4.78, 5) is 50.0. The molecule has 1 saturated heterocycles. The van der Waals surface area contributed by atoms with Crippen molar-refractivity contribution in [3.8, 4) is 0 Å². The molecule has 3 aliphatic heterocycles. The lowest BCUT2D eigenvalue weighted by atomic mass is 10.0. The van der Waals surface area contributed by atoms with E-state index in [0.717, 1.165) is 31.5 Å². The highest BCUT2D eigenvalue weighted by Crippen LogP contribution is 2.35. The predicted octanol–water partition coefficient (Wildman–Crippen LogP) is 2.20. The number of ether oxygens (including phenoxy) is 1. The van der Waals surface area contributed by atoms with Crippen LogP contribution in [0.2, 0.25) is 5.02 Å². The van der Waals surface area contributed by atoms with E-state index in [-0.39, 0.29) is 54.3 Å². The smallest absolute Gasteiger partial charge is 0.407 e. The number of carbonyl (C=O) groups excluding carboxylic acids is 4. The van der Waals surface area contributed by atoms with Crippen LogP contribution in [0.1, 0.15) is 58.6 Å². The molecule has 0 spiro atoms. The van der Waals surface area contributed by atoms with E-state index in [9.17, 15) is 19.2 Å². The SMILES string of the molecule is O=C1CCC(N2Cc3c(Cl)cc(CNC(=O)OCc4cc5n(n4)CCCC5)c(F)c3C2=O)C(=O)N1. The Morgan fingerprint density at radius 2 is 2.09 bits per heavy atom. The Morgan fingerprint density at radius 3 is 2.86 bits per heavy atom. The lowest BCUT2D eigenvalue weighted by Crippen LogP contribution is -2.52. The normalized spacial score (nSPS) is 19.3. The molecule has 4 heterocycles. The second kappa shape index (κ2) is 9.29. The molecule has 35 heavy (non-hydrogen) atoms. The third-order valence-corrected chi connectivity index (χ3v) is 6.86. The van der Waals surface area contributed by atoms with Gasteiger partial charge in [0.2, 0.25) is 11.8 Å². The number of nitrogens with one attached hydrogen (secondary N) is 2. The van der Waals surface area contributed by atoms with Crippen molar-refractivity contribution in [3.63, 3.8) is 0 Å². The summed E-state index contributed by atoms with van der Waals surface area (Å²) in [7, 11) is 0. The number of hydrogen-bond acceptors (Lipinski definition) is 6. The third kappa shape index (κ3) is 4.47. The first-order valence-electron chi connectivity index (χ1n) is 11.4. The number of amides is 4. The maximum absolute atomic E-state index is 15.3. The Morgan fingerprint density at radius 1 is 1.26 bits per heavy atom. The number of alkyl carbamates (subject to hydrolysis) is 1. The Labute approximate surface area is 204 Å². The van der Waals surface area contributed by atoms with E-state index in [1.165, 1.54) is 11.0 Å². The number of nitrogens with zero attached hydrogens (tertiary/aromatic N) is 3. The van der Waals surface area contributed by atoms with Gasteiger partial charge in [-0.2, -0.15) is 5.10 Å². The number of carbonyl (C=O) groups is 4. The first-order chi connectivity index (χ1) is 16.8. The first kappa shape index (κ1) is 23.3. The maximum atomic E-state index is 15.3. The molecule has 1 aromatic heterocycles. The van der Waals surface area contributed by atoms with Gasteiger partial charge in [-0.15, -0.1) is 0 Å². The summed E-state index contributed by atoms with van der Waals surface area (Å²) in [5.74, 6) is -2.50. The topological polar surface area (TPSA) is 123 Å². The van der Waals surface area contributed by atoms with Gasteiger partial charge in [-0.05, 0) is 37.8 Å². The number of halogens is 2. The van der Waals surface area contributed by atoms with Crippen molar-refractivity contribution >= 4 is 35.4 Å². The monoisotopic (exact) mass is 503 g/mol. The molecule has 2 N–H and O–H groups in total. The molecule has 0 radical (unpaired) electrons. The van der Waals surface area contributed by atoms with Gasteiger partial charge in [0, 0.05) is 47.9 Å². The quantitative estimate of drug-likeness (QED) is 0.603. The van der Waals surface area contributed by atoms with Gasteiger partial charge in [0.15, 0.2) is 0 Å². The van der Waals surface area contributed by atoms with Gasteiger partial charge in [-0.25, -0.2) is 9.18 Å². The van der Waals surface area contributed by atoms with Crippen LogP contribution in [0, 0.1) is 5.82 Å². The molecule has 5 rings (SSSR count). The third-order valence-electron chi connectivity index (χ3n) is 6.52. The molecule has 1 fully saturated rings. The summed E-state index contributed by atoms with van der Waals surface area (Å²) in [5.41, 5.74) is 1.82. The summed E-state index contributed by atoms with van der Waals surface area (Å²) < 4.78 is 22.4. The van der Waals surface area contributed by atoms with Crippen molar-refractivity contribution in [1.82, 2.24) is 25.3 Å². The number of benzene rings is 1. The van der Waals surface area contributed by atoms with E-state index in [4.69, 9.17) is 16.3 Å². The number of imide groups is 1. The zero-order valence-corrected chi connectivity index (χ0v) is 19.5. The fourth-order valence-electron chi connectivity index (χ4n) is 4.74. The Balaban J connectivity index is 1.23. The van der Waals surface area contributed by atoms with Gasteiger partial charge in [0.25, 0.3) is 5.91 Å². The van der Waals surface area contributed by atoms with Crippen molar-refractivity contribution < 1.29 is 28.3 Å². The maximum Gasteiger partial charge on any atom is 0.407 e. The molecule has 0 aliphatic carbocycles. The van der Waals surface area contributed by atoms with Crippen molar-refractivity contribution in [1.29, 1.82) is 0 Å². The molecule has 12 heteroatoms. The van der Waals surface area contributed by atoms with Gasteiger partial charge >= 0.3 is 6.09 Å². The highest BCUT2D eigenvalue weighted by molar-refractivity contribution is 6.32. The fourth-order valence-corrected chi connectivity index (χ4v) is 5.03. The zero-order valence-electron chi connectivity index (χ0n) is 18.7. The second-order valence-electron chi connectivity index (χ2n) is 8.82. The van der Waals surface area contributed by atoms with Crippen LogP contribution in [0.5, 0.6) is 0 Å². The van der Waals surface area contributed by atoms with E-state index in [1.807, 2.05) is 10.7 Å². The minimum atomic E-state index is -0.881. The molecule has 1 atom stereocenters. The first-order valence-corrected chi connectivity index (χ1v) is 11.8. The predicted molar refractivity (Wildman–Crippen MR) is 120 cm³/mol. The average Bonchev–Trinajstić information content (AvgIpc) is 3.40. The molecule has 2 aromatic rings. The summed E-state index contributed by atoms with van der Waals surface area (Å²) in [6, 6.07) is 2.38. The van der Waals surface area contributed by atoms with Gasteiger partial charge in [0.05, 0.1) is 5.56 Å².